The van der Waals surface area contributed by atoms with Crippen molar-refractivity contribution in [3.05, 3.63) is 30.3 Å². The summed E-state index contributed by atoms with van der Waals surface area (Å²) in [5.41, 5.74) is 6.88. The lowest BCUT2D eigenvalue weighted by atomic mass is 9.77. The molecule has 0 radical (unpaired) electrons. The molecule has 2 fully saturated rings. The summed E-state index contributed by atoms with van der Waals surface area (Å²) in [6, 6.07) is 8.70. The molecule has 0 aliphatic heterocycles. The van der Waals surface area contributed by atoms with Crippen LogP contribution >= 0.6 is 0 Å². The Kier molecular flexibility index (Phi) is 6.90. The van der Waals surface area contributed by atoms with Crippen LogP contribution in [0.4, 0.5) is 5.69 Å². The van der Waals surface area contributed by atoms with E-state index in [1.165, 1.54) is 11.3 Å². The van der Waals surface area contributed by atoms with Gasteiger partial charge in [-0.2, -0.15) is 0 Å². The summed E-state index contributed by atoms with van der Waals surface area (Å²) >= 11 is 0. The van der Waals surface area contributed by atoms with Gasteiger partial charge in [-0.25, -0.2) is 0 Å². The van der Waals surface area contributed by atoms with E-state index in [4.69, 9.17) is 5.73 Å². The van der Waals surface area contributed by atoms with Crippen molar-refractivity contribution in [2.24, 2.45) is 17.6 Å². The molecular formula is C22H31N3O4. The van der Waals surface area contributed by atoms with Crippen molar-refractivity contribution in [1.82, 2.24) is 4.90 Å². The van der Waals surface area contributed by atoms with E-state index >= 15 is 0 Å². The van der Waals surface area contributed by atoms with Crippen LogP contribution in [0, 0.1) is 11.8 Å². The molecule has 0 unspecified atom stereocenters. The third kappa shape index (κ3) is 4.96. The molecule has 2 saturated carbocycles. The van der Waals surface area contributed by atoms with E-state index in [1.54, 1.807) is 29.2 Å². The minimum atomic E-state index is -1.04. The van der Waals surface area contributed by atoms with Gasteiger partial charge in [0.25, 0.3) is 0 Å². The lowest BCUT2D eigenvalue weighted by Crippen LogP contribution is -2.52. The number of likely N-dealkylation sites (N-methyl/N-ethyl adjacent to an activating group) is 1. The van der Waals surface area contributed by atoms with Gasteiger partial charge in [-0.3, -0.25) is 14.4 Å². The molecule has 2 amide bonds. The monoisotopic (exact) mass is 401 g/mol. The van der Waals surface area contributed by atoms with Crippen LogP contribution in [0.2, 0.25) is 0 Å². The highest BCUT2D eigenvalue weighted by atomic mass is 16.4. The summed E-state index contributed by atoms with van der Waals surface area (Å²) < 4.78 is 0. The number of carbonyl (C=O) groups excluding carboxylic acids is 2. The molecule has 0 spiro atoms. The summed E-state index contributed by atoms with van der Waals surface area (Å²) in [5.74, 6) is -1.37. The topological polar surface area (TPSA) is 104 Å². The summed E-state index contributed by atoms with van der Waals surface area (Å²) in [4.78, 5) is 40.1. The standard InChI is InChI=1S/C22H31N3O4/c1-24(17-8-5-9-17)22(29)20(23)15-10-12-16(13-11-15)21(28)25(14-19(26)27)18-6-3-2-4-7-18/h2-4,6-7,15-17,20H,5,8-14,23H2,1H3,(H,26,27)/t15?,16?,20-/m0/s1. The second-order valence-electron chi connectivity index (χ2n) is 8.33. The second-order valence-corrected chi connectivity index (χ2v) is 8.33. The van der Waals surface area contributed by atoms with Gasteiger partial charge in [-0.05, 0) is 63.0 Å². The summed E-state index contributed by atoms with van der Waals surface area (Å²) in [6.07, 6.45) is 5.93. The Morgan fingerprint density at radius 1 is 1.07 bits per heavy atom. The van der Waals surface area contributed by atoms with Gasteiger partial charge < -0.3 is 20.6 Å². The van der Waals surface area contributed by atoms with Crippen LogP contribution in [0.1, 0.15) is 44.9 Å². The van der Waals surface area contributed by atoms with E-state index in [0.717, 1.165) is 12.8 Å². The number of carbonyl (C=O) groups is 3. The number of nitrogens with two attached hydrogens (primary N) is 1. The van der Waals surface area contributed by atoms with Crippen LogP contribution in [-0.2, 0) is 14.4 Å². The Hall–Kier alpha value is -2.41. The second kappa shape index (κ2) is 9.39. The molecule has 7 heteroatoms. The van der Waals surface area contributed by atoms with Crippen molar-refractivity contribution in [3.8, 4) is 0 Å². The molecule has 29 heavy (non-hydrogen) atoms. The number of carboxylic acids is 1. The molecule has 3 N–H and O–H groups in total. The minimum absolute atomic E-state index is 0.00117. The normalized spacial score (nSPS) is 23.0. The molecule has 1 atom stereocenters. The third-order valence-electron chi connectivity index (χ3n) is 6.51. The van der Waals surface area contributed by atoms with Crippen LogP contribution in [0.5, 0.6) is 0 Å². The molecule has 0 heterocycles. The van der Waals surface area contributed by atoms with Gasteiger partial charge in [-0.15, -0.1) is 0 Å². The molecule has 1 aromatic carbocycles. The molecule has 7 nitrogen and oxygen atoms in total. The van der Waals surface area contributed by atoms with Crippen molar-refractivity contribution in [1.29, 1.82) is 0 Å². The van der Waals surface area contributed by atoms with Gasteiger partial charge in [0.05, 0.1) is 6.04 Å². The molecule has 0 saturated heterocycles. The number of amides is 2. The highest BCUT2D eigenvalue weighted by Gasteiger charge is 2.37. The Balaban J connectivity index is 1.59. The number of para-hydroxylation sites is 1. The number of hydrogen-bond donors (Lipinski definition) is 2. The first-order chi connectivity index (χ1) is 13.9. The first-order valence-electron chi connectivity index (χ1n) is 10.5. The van der Waals surface area contributed by atoms with Crippen LogP contribution < -0.4 is 10.6 Å². The zero-order chi connectivity index (χ0) is 21.0. The Morgan fingerprint density at radius 2 is 1.69 bits per heavy atom. The van der Waals surface area contributed by atoms with Gasteiger partial charge in [-0.1, -0.05) is 18.2 Å². The molecule has 0 bridgehead atoms. The van der Waals surface area contributed by atoms with Gasteiger partial charge in [0, 0.05) is 24.7 Å². The number of hydrogen-bond acceptors (Lipinski definition) is 4. The van der Waals surface area contributed by atoms with Crippen molar-refractivity contribution in [2.75, 3.05) is 18.5 Å². The minimum Gasteiger partial charge on any atom is -0.480 e. The van der Waals surface area contributed by atoms with Crippen LogP contribution in [0.3, 0.4) is 0 Å². The number of benzene rings is 1. The zero-order valence-corrected chi connectivity index (χ0v) is 17.0. The average molecular weight is 402 g/mol. The maximum atomic E-state index is 13.0. The van der Waals surface area contributed by atoms with E-state index in [9.17, 15) is 19.5 Å². The Labute approximate surface area is 171 Å². The Bertz CT molecular complexity index is 727. The highest BCUT2D eigenvalue weighted by Crippen LogP contribution is 2.34. The third-order valence-corrected chi connectivity index (χ3v) is 6.51. The number of rotatable bonds is 7. The molecule has 158 valence electrons. The van der Waals surface area contributed by atoms with Crippen molar-refractivity contribution in [2.45, 2.75) is 57.0 Å². The van der Waals surface area contributed by atoms with Crippen molar-refractivity contribution >= 4 is 23.5 Å². The van der Waals surface area contributed by atoms with Crippen LogP contribution in [0.25, 0.3) is 0 Å². The molecule has 2 aliphatic carbocycles. The summed E-state index contributed by atoms with van der Waals surface area (Å²) in [7, 11) is 1.84. The van der Waals surface area contributed by atoms with Crippen molar-refractivity contribution < 1.29 is 19.5 Å². The Morgan fingerprint density at radius 3 is 2.21 bits per heavy atom. The molecule has 3 rings (SSSR count). The molecule has 2 aliphatic rings. The molecular weight excluding hydrogens is 370 g/mol. The van der Waals surface area contributed by atoms with Crippen LogP contribution in [0.15, 0.2) is 30.3 Å². The fraction of sp³-hybridized carbons (Fsp3) is 0.591. The maximum absolute atomic E-state index is 13.0. The van der Waals surface area contributed by atoms with E-state index in [2.05, 4.69) is 0 Å². The maximum Gasteiger partial charge on any atom is 0.323 e. The van der Waals surface area contributed by atoms with E-state index in [-0.39, 0.29) is 30.2 Å². The predicted octanol–water partition coefficient (Wildman–Crippen LogP) is 2.25. The fourth-order valence-electron chi connectivity index (χ4n) is 4.38. The van der Waals surface area contributed by atoms with Gasteiger partial charge in [0.2, 0.25) is 11.8 Å². The number of carboxylic acid groups (broad SMARTS) is 1. The van der Waals surface area contributed by atoms with Gasteiger partial charge in [0.15, 0.2) is 0 Å². The first kappa shape index (κ1) is 21.3. The van der Waals surface area contributed by atoms with Crippen molar-refractivity contribution in [3.63, 3.8) is 0 Å². The largest absolute Gasteiger partial charge is 0.480 e. The van der Waals surface area contributed by atoms with Crippen LogP contribution in [-0.4, -0.2) is 53.5 Å². The van der Waals surface area contributed by atoms with Gasteiger partial charge in [0.1, 0.15) is 6.54 Å². The summed E-state index contributed by atoms with van der Waals surface area (Å²) in [5, 5.41) is 9.24. The SMILES string of the molecule is CN(C(=O)[C@@H](N)C1CCC(C(=O)N(CC(=O)O)c2ccccc2)CC1)C1CCC1. The average Bonchev–Trinajstić information content (AvgIpc) is 2.69. The predicted molar refractivity (Wildman–Crippen MR) is 110 cm³/mol. The molecule has 1 aromatic rings. The number of anilines is 1. The quantitative estimate of drug-likeness (QED) is 0.729. The smallest absolute Gasteiger partial charge is 0.323 e. The number of aliphatic carboxylic acids is 1. The molecule has 0 aromatic heterocycles. The number of nitrogens with zero attached hydrogens (tertiary/aromatic N) is 2. The zero-order valence-electron chi connectivity index (χ0n) is 17.0. The fourth-order valence-corrected chi connectivity index (χ4v) is 4.38. The van der Waals surface area contributed by atoms with Gasteiger partial charge >= 0.3 is 5.97 Å². The summed E-state index contributed by atoms with van der Waals surface area (Å²) in [6.45, 7) is -0.354. The van der Waals surface area contributed by atoms with E-state index < -0.39 is 12.0 Å². The lowest BCUT2D eigenvalue weighted by Gasteiger charge is -2.39. The highest BCUT2D eigenvalue weighted by molar-refractivity contribution is 5.98. The van der Waals surface area contributed by atoms with E-state index in [1.807, 2.05) is 13.1 Å². The first-order valence-corrected chi connectivity index (χ1v) is 10.5. The lowest BCUT2D eigenvalue weighted by molar-refractivity contribution is -0.138. The van der Waals surface area contributed by atoms with E-state index in [0.29, 0.717) is 37.4 Å².